The quantitative estimate of drug-likeness (QED) is 0.732. The maximum absolute atomic E-state index is 14.3. The van der Waals surface area contributed by atoms with E-state index in [0.29, 0.717) is 50.0 Å². The van der Waals surface area contributed by atoms with Crippen molar-refractivity contribution in [3.05, 3.63) is 29.6 Å². The van der Waals surface area contributed by atoms with Crippen molar-refractivity contribution in [3.8, 4) is 0 Å². The molecule has 0 bridgehead atoms. The third-order valence-electron chi connectivity index (χ3n) is 5.30. The lowest BCUT2D eigenvalue weighted by molar-refractivity contribution is -0.133. The predicted molar refractivity (Wildman–Crippen MR) is 114 cm³/mol. The second-order valence-corrected chi connectivity index (χ2v) is 7.11. The van der Waals surface area contributed by atoms with Crippen LogP contribution in [0.15, 0.2) is 18.2 Å². The number of piperazine rings is 2. The summed E-state index contributed by atoms with van der Waals surface area (Å²) in [7, 11) is 0. The van der Waals surface area contributed by atoms with Crippen LogP contribution in [0.2, 0.25) is 0 Å². The van der Waals surface area contributed by atoms with E-state index in [-0.39, 0.29) is 42.3 Å². The summed E-state index contributed by atoms with van der Waals surface area (Å²) in [4.78, 5) is 30.0. The van der Waals surface area contributed by atoms with Crippen molar-refractivity contribution in [3.63, 3.8) is 0 Å². The van der Waals surface area contributed by atoms with Crippen molar-refractivity contribution in [2.45, 2.75) is 19.9 Å². The Bertz CT molecular complexity index is 684. The Labute approximate surface area is 178 Å². The number of nitrogens with one attached hydrogen (secondary N) is 1. The van der Waals surface area contributed by atoms with Gasteiger partial charge >= 0.3 is 0 Å². The Morgan fingerprint density at radius 3 is 2.39 bits per heavy atom. The van der Waals surface area contributed by atoms with Crippen molar-refractivity contribution in [1.82, 2.24) is 15.1 Å². The molecule has 6 nitrogen and oxygen atoms in total. The number of carbonyl (C=O) groups excluding carboxylic acids is 2. The largest absolute Gasteiger partial charge is 0.366 e. The molecule has 1 atom stereocenters. The predicted octanol–water partition coefficient (Wildman–Crippen LogP) is 1.81. The minimum Gasteiger partial charge on any atom is -0.366 e. The van der Waals surface area contributed by atoms with Gasteiger partial charge < -0.3 is 15.1 Å². The van der Waals surface area contributed by atoms with Gasteiger partial charge in [0.2, 0.25) is 5.91 Å². The van der Waals surface area contributed by atoms with Crippen LogP contribution in [0, 0.1) is 5.82 Å². The van der Waals surface area contributed by atoms with E-state index >= 15 is 0 Å². The molecule has 1 N–H and O–H groups in total. The van der Waals surface area contributed by atoms with Crippen molar-refractivity contribution in [1.29, 1.82) is 0 Å². The fourth-order valence-corrected chi connectivity index (χ4v) is 3.57. The molecule has 2 heterocycles. The van der Waals surface area contributed by atoms with E-state index in [1.165, 1.54) is 13.0 Å². The lowest BCUT2D eigenvalue weighted by Gasteiger charge is -2.39. The highest BCUT2D eigenvalue weighted by Gasteiger charge is 2.26. The van der Waals surface area contributed by atoms with Crippen LogP contribution in [0.25, 0.3) is 0 Å². The zero-order chi connectivity index (χ0) is 18.7. The maximum Gasteiger partial charge on any atom is 0.236 e. The third-order valence-corrected chi connectivity index (χ3v) is 5.30. The normalized spacial score (nSPS) is 20.2. The van der Waals surface area contributed by atoms with E-state index in [9.17, 15) is 14.0 Å². The van der Waals surface area contributed by atoms with Crippen molar-refractivity contribution in [2.75, 3.05) is 57.3 Å². The standard InChI is InChI=1S/C19H27FN4O2.2ClH/c1-14-12-21-5-6-24(14)13-19(26)23-9-7-22(8-10-23)18-4-3-16(15(2)25)11-17(18)20;;/h3-4,11,14,21H,5-10,12-13H2,1-2H3;2*1H/t14-;;/m0../s1. The molecule has 2 saturated heterocycles. The molecule has 9 heteroatoms. The average Bonchev–Trinajstić information content (AvgIpc) is 2.63. The smallest absolute Gasteiger partial charge is 0.236 e. The zero-order valence-corrected chi connectivity index (χ0v) is 18.0. The first-order valence-electron chi connectivity index (χ1n) is 9.23. The van der Waals surface area contributed by atoms with Crippen molar-refractivity contribution in [2.24, 2.45) is 0 Å². The molecule has 158 valence electrons. The second kappa shape index (κ2) is 11.0. The summed E-state index contributed by atoms with van der Waals surface area (Å²) in [6, 6.07) is 4.97. The zero-order valence-electron chi connectivity index (χ0n) is 16.3. The van der Waals surface area contributed by atoms with Gasteiger partial charge in [-0.3, -0.25) is 14.5 Å². The van der Waals surface area contributed by atoms with Crippen LogP contribution in [0.3, 0.4) is 0 Å². The first kappa shape index (κ1) is 24.6. The fraction of sp³-hybridized carbons (Fsp3) is 0.579. The SMILES string of the molecule is CC(=O)c1ccc(N2CCN(C(=O)CN3CCNC[C@@H]3C)CC2)c(F)c1.Cl.Cl. The Balaban J connectivity index is 0.00000196. The van der Waals surface area contributed by atoms with Gasteiger partial charge in [-0.2, -0.15) is 0 Å². The van der Waals surface area contributed by atoms with Crippen molar-refractivity contribution < 1.29 is 14.0 Å². The highest BCUT2D eigenvalue weighted by atomic mass is 35.5. The van der Waals surface area contributed by atoms with Crippen molar-refractivity contribution >= 4 is 42.2 Å². The highest BCUT2D eigenvalue weighted by molar-refractivity contribution is 5.94. The summed E-state index contributed by atoms with van der Waals surface area (Å²) in [6.45, 7) is 9.10. The average molecular weight is 435 g/mol. The molecule has 0 aromatic heterocycles. The Morgan fingerprint density at radius 1 is 1.14 bits per heavy atom. The third kappa shape index (κ3) is 5.80. The number of carbonyl (C=O) groups is 2. The number of halogens is 3. The van der Waals surface area contributed by atoms with Crippen LogP contribution in [-0.2, 0) is 4.79 Å². The molecule has 3 rings (SSSR count). The van der Waals surface area contributed by atoms with E-state index in [4.69, 9.17) is 0 Å². The molecule has 28 heavy (non-hydrogen) atoms. The minimum absolute atomic E-state index is 0. The molecule has 0 radical (unpaired) electrons. The van der Waals surface area contributed by atoms with Gasteiger partial charge in [0.1, 0.15) is 5.82 Å². The number of anilines is 1. The number of Topliss-reactive ketones (excluding diaryl/α,β-unsaturated/α-hetero) is 1. The maximum atomic E-state index is 14.3. The number of rotatable bonds is 4. The lowest BCUT2D eigenvalue weighted by Crippen LogP contribution is -2.55. The molecule has 0 aliphatic carbocycles. The molecule has 1 aromatic carbocycles. The van der Waals surface area contributed by atoms with Gasteiger partial charge in [0.05, 0.1) is 12.2 Å². The summed E-state index contributed by atoms with van der Waals surface area (Å²) in [5, 5.41) is 3.33. The van der Waals surface area contributed by atoms with E-state index < -0.39 is 0 Å². The molecule has 1 aromatic rings. The van der Waals surface area contributed by atoms with Gasteiger partial charge in [0.25, 0.3) is 0 Å². The minimum atomic E-state index is -0.382. The van der Waals surface area contributed by atoms with Crippen LogP contribution >= 0.6 is 24.8 Å². The second-order valence-electron chi connectivity index (χ2n) is 7.11. The van der Waals surface area contributed by atoms with Gasteiger partial charge in [0, 0.05) is 57.4 Å². The number of ketones is 1. The Hall–Kier alpha value is -1.41. The van der Waals surface area contributed by atoms with Gasteiger partial charge in [-0.15, -0.1) is 24.8 Å². The molecule has 0 saturated carbocycles. The number of benzene rings is 1. The number of hydrogen-bond donors (Lipinski definition) is 1. The molecule has 0 spiro atoms. The molecule has 1 amide bonds. The molecule has 0 unspecified atom stereocenters. The summed E-state index contributed by atoms with van der Waals surface area (Å²) in [5.41, 5.74) is 0.878. The fourth-order valence-electron chi connectivity index (χ4n) is 3.57. The van der Waals surface area contributed by atoms with Gasteiger partial charge in [-0.05, 0) is 32.0 Å². The number of hydrogen-bond acceptors (Lipinski definition) is 5. The summed E-state index contributed by atoms with van der Waals surface area (Å²) in [6.07, 6.45) is 0. The molecule has 2 aliphatic heterocycles. The number of nitrogens with zero attached hydrogens (tertiary/aromatic N) is 3. The van der Waals surface area contributed by atoms with Crippen LogP contribution in [0.5, 0.6) is 0 Å². The summed E-state index contributed by atoms with van der Waals surface area (Å²) in [5.74, 6) is -0.383. The first-order chi connectivity index (χ1) is 12.5. The van der Waals surface area contributed by atoms with E-state index in [1.54, 1.807) is 12.1 Å². The molecular weight excluding hydrogens is 406 g/mol. The summed E-state index contributed by atoms with van der Waals surface area (Å²) < 4.78 is 14.3. The van der Waals surface area contributed by atoms with Crippen LogP contribution < -0.4 is 10.2 Å². The van der Waals surface area contributed by atoms with E-state index in [0.717, 1.165) is 19.6 Å². The molecule has 2 aliphatic rings. The first-order valence-corrected chi connectivity index (χ1v) is 9.23. The monoisotopic (exact) mass is 434 g/mol. The lowest BCUT2D eigenvalue weighted by atomic mass is 10.1. The summed E-state index contributed by atoms with van der Waals surface area (Å²) >= 11 is 0. The van der Waals surface area contributed by atoms with Gasteiger partial charge in [-0.1, -0.05) is 0 Å². The highest BCUT2D eigenvalue weighted by Crippen LogP contribution is 2.22. The van der Waals surface area contributed by atoms with Gasteiger partial charge in [-0.25, -0.2) is 4.39 Å². The van der Waals surface area contributed by atoms with Gasteiger partial charge in [0.15, 0.2) is 5.78 Å². The molecule has 2 fully saturated rings. The van der Waals surface area contributed by atoms with Crippen LogP contribution in [0.1, 0.15) is 24.2 Å². The Kier molecular flexibility index (Phi) is 9.63. The topological polar surface area (TPSA) is 55.9 Å². The molecular formula is C19H29Cl2FN4O2. The van der Waals surface area contributed by atoms with E-state index in [1.807, 2.05) is 9.80 Å². The number of amides is 1. The van der Waals surface area contributed by atoms with E-state index in [2.05, 4.69) is 17.1 Å². The van der Waals surface area contributed by atoms with Crippen LogP contribution in [-0.4, -0.2) is 79.9 Å². The van der Waals surface area contributed by atoms with Crippen LogP contribution in [0.4, 0.5) is 10.1 Å². The Morgan fingerprint density at radius 2 is 1.82 bits per heavy atom.